The van der Waals surface area contributed by atoms with Gasteiger partial charge in [0.05, 0.1) is 12.2 Å². The number of nitrogens with zero attached hydrogens (tertiary/aromatic N) is 2. The number of unbranched alkanes of at least 4 members (excludes halogenated alkanes) is 1. The molecule has 0 unspecified atom stereocenters. The highest BCUT2D eigenvalue weighted by molar-refractivity contribution is 7.14. The second-order valence-corrected chi connectivity index (χ2v) is 7.58. The number of hydrogen-bond donors (Lipinski definition) is 1. The number of anilines is 1. The van der Waals surface area contributed by atoms with Gasteiger partial charge in [-0.15, -0.1) is 11.3 Å². The molecular weight excluding hydrogens is 346 g/mol. The summed E-state index contributed by atoms with van der Waals surface area (Å²) >= 11 is 1.39. The molecule has 0 bridgehead atoms. The fourth-order valence-corrected chi connectivity index (χ4v) is 3.32. The first-order valence-electron chi connectivity index (χ1n) is 9.08. The number of carbonyl (C=O) groups excluding carboxylic acids is 2. The van der Waals surface area contributed by atoms with Gasteiger partial charge in [0.25, 0.3) is 0 Å². The Bertz CT molecular complexity index is 713. The number of hydrogen-bond acceptors (Lipinski definition) is 4. The van der Waals surface area contributed by atoms with Crippen molar-refractivity contribution in [3.63, 3.8) is 0 Å². The predicted octanol–water partition coefficient (Wildman–Crippen LogP) is 4.42. The van der Waals surface area contributed by atoms with Crippen molar-refractivity contribution in [1.82, 2.24) is 9.88 Å². The number of aromatic nitrogens is 1. The summed E-state index contributed by atoms with van der Waals surface area (Å²) in [6.45, 7) is 6.81. The standard InChI is InChI=1S/C20H27N3O2S/c1-4-5-11-19(25)23(12-15(2)3)13-18(24)22-20-21-17(14-26-20)16-9-7-6-8-10-16/h6-10,14-15H,4-5,11-13H2,1-3H3,(H,21,22,24). The molecule has 1 aromatic carbocycles. The van der Waals surface area contributed by atoms with Crippen LogP contribution in [0.1, 0.15) is 40.0 Å². The number of rotatable bonds is 9. The van der Waals surface area contributed by atoms with Crippen molar-refractivity contribution < 1.29 is 9.59 Å². The molecule has 1 aromatic heterocycles. The van der Waals surface area contributed by atoms with Crippen LogP contribution >= 0.6 is 11.3 Å². The average Bonchev–Trinajstić information content (AvgIpc) is 3.07. The summed E-state index contributed by atoms with van der Waals surface area (Å²) < 4.78 is 0. The smallest absolute Gasteiger partial charge is 0.245 e. The molecule has 26 heavy (non-hydrogen) atoms. The maximum absolute atomic E-state index is 12.4. The molecule has 0 aliphatic heterocycles. The summed E-state index contributed by atoms with van der Waals surface area (Å²) in [5.41, 5.74) is 1.85. The third-order valence-electron chi connectivity index (χ3n) is 3.84. The second-order valence-electron chi connectivity index (χ2n) is 6.72. The van der Waals surface area contributed by atoms with Crippen molar-refractivity contribution in [3.05, 3.63) is 35.7 Å². The largest absolute Gasteiger partial charge is 0.333 e. The van der Waals surface area contributed by atoms with Gasteiger partial charge in [0, 0.05) is 23.9 Å². The topological polar surface area (TPSA) is 62.3 Å². The molecule has 0 aliphatic rings. The van der Waals surface area contributed by atoms with E-state index in [-0.39, 0.29) is 18.4 Å². The molecule has 0 saturated heterocycles. The van der Waals surface area contributed by atoms with E-state index in [1.807, 2.05) is 49.6 Å². The molecule has 1 N–H and O–H groups in total. The van der Waals surface area contributed by atoms with Gasteiger partial charge in [0.2, 0.25) is 11.8 Å². The van der Waals surface area contributed by atoms with E-state index in [2.05, 4.69) is 17.2 Å². The van der Waals surface area contributed by atoms with Crippen LogP contribution in [0, 0.1) is 5.92 Å². The zero-order valence-corrected chi connectivity index (χ0v) is 16.5. The van der Waals surface area contributed by atoms with Crippen LogP contribution in [-0.4, -0.2) is 34.8 Å². The maximum Gasteiger partial charge on any atom is 0.245 e. The van der Waals surface area contributed by atoms with Gasteiger partial charge in [-0.2, -0.15) is 0 Å². The lowest BCUT2D eigenvalue weighted by molar-refractivity contribution is -0.135. The van der Waals surface area contributed by atoms with Crippen molar-refractivity contribution in [2.24, 2.45) is 5.92 Å². The van der Waals surface area contributed by atoms with Crippen LogP contribution in [0.3, 0.4) is 0 Å². The van der Waals surface area contributed by atoms with Gasteiger partial charge in [-0.3, -0.25) is 9.59 Å². The molecular formula is C20H27N3O2S. The Morgan fingerprint density at radius 1 is 1.23 bits per heavy atom. The molecule has 0 atom stereocenters. The Hall–Kier alpha value is -2.21. The summed E-state index contributed by atoms with van der Waals surface area (Å²) in [7, 11) is 0. The molecule has 2 aromatic rings. The summed E-state index contributed by atoms with van der Waals surface area (Å²) in [5, 5.41) is 5.30. The first-order valence-corrected chi connectivity index (χ1v) is 9.96. The molecule has 140 valence electrons. The lowest BCUT2D eigenvalue weighted by Crippen LogP contribution is -2.40. The van der Waals surface area contributed by atoms with E-state index in [0.717, 1.165) is 24.1 Å². The van der Waals surface area contributed by atoms with Crippen molar-refractivity contribution in [1.29, 1.82) is 0 Å². The van der Waals surface area contributed by atoms with E-state index in [9.17, 15) is 9.59 Å². The fraction of sp³-hybridized carbons (Fsp3) is 0.450. The Kier molecular flexibility index (Phi) is 7.78. The number of benzene rings is 1. The number of carbonyl (C=O) groups is 2. The van der Waals surface area contributed by atoms with Crippen molar-refractivity contribution in [2.75, 3.05) is 18.4 Å². The van der Waals surface area contributed by atoms with Crippen LogP contribution in [0.4, 0.5) is 5.13 Å². The summed E-state index contributed by atoms with van der Waals surface area (Å²) in [5.74, 6) is 0.155. The van der Waals surface area contributed by atoms with Gasteiger partial charge in [-0.1, -0.05) is 57.5 Å². The first-order chi connectivity index (χ1) is 12.5. The fourth-order valence-electron chi connectivity index (χ4n) is 2.59. The van der Waals surface area contributed by atoms with Crippen LogP contribution in [0.2, 0.25) is 0 Å². The molecule has 1 heterocycles. The zero-order chi connectivity index (χ0) is 18.9. The van der Waals surface area contributed by atoms with Crippen LogP contribution in [-0.2, 0) is 9.59 Å². The van der Waals surface area contributed by atoms with Crippen molar-refractivity contribution in [3.8, 4) is 11.3 Å². The Morgan fingerprint density at radius 2 is 1.96 bits per heavy atom. The molecule has 0 spiro atoms. The molecule has 2 rings (SSSR count). The number of thiazole rings is 1. The third-order valence-corrected chi connectivity index (χ3v) is 4.59. The van der Waals surface area contributed by atoms with E-state index in [1.165, 1.54) is 11.3 Å². The molecule has 0 fully saturated rings. The summed E-state index contributed by atoms with van der Waals surface area (Å²) in [4.78, 5) is 30.9. The highest BCUT2D eigenvalue weighted by Crippen LogP contribution is 2.24. The molecule has 0 aliphatic carbocycles. The van der Waals surface area contributed by atoms with Crippen LogP contribution in [0.15, 0.2) is 35.7 Å². The normalized spacial score (nSPS) is 10.8. The van der Waals surface area contributed by atoms with Gasteiger partial charge in [0.15, 0.2) is 5.13 Å². The van der Waals surface area contributed by atoms with Gasteiger partial charge in [-0.05, 0) is 12.3 Å². The molecule has 0 saturated carbocycles. The minimum atomic E-state index is -0.204. The molecule has 2 amide bonds. The third kappa shape index (κ3) is 6.26. The quantitative estimate of drug-likeness (QED) is 0.707. The summed E-state index contributed by atoms with van der Waals surface area (Å²) in [6, 6.07) is 9.84. The summed E-state index contributed by atoms with van der Waals surface area (Å²) in [6.07, 6.45) is 2.31. The lowest BCUT2D eigenvalue weighted by atomic mass is 10.1. The maximum atomic E-state index is 12.4. The van der Waals surface area contributed by atoms with Crippen LogP contribution < -0.4 is 5.32 Å². The van der Waals surface area contributed by atoms with Crippen molar-refractivity contribution in [2.45, 2.75) is 40.0 Å². The molecule has 5 nitrogen and oxygen atoms in total. The number of nitrogens with one attached hydrogen (secondary N) is 1. The monoisotopic (exact) mass is 373 g/mol. The highest BCUT2D eigenvalue weighted by Gasteiger charge is 2.18. The van der Waals surface area contributed by atoms with E-state index in [1.54, 1.807) is 4.90 Å². The highest BCUT2D eigenvalue weighted by atomic mass is 32.1. The van der Waals surface area contributed by atoms with Gasteiger partial charge < -0.3 is 10.2 Å². The number of amides is 2. The lowest BCUT2D eigenvalue weighted by Gasteiger charge is -2.23. The average molecular weight is 374 g/mol. The molecule has 6 heteroatoms. The van der Waals surface area contributed by atoms with E-state index in [4.69, 9.17) is 0 Å². The van der Waals surface area contributed by atoms with Gasteiger partial charge in [-0.25, -0.2) is 4.98 Å². The van der Waals surface area contributed by atoms with E-state index < -0.39 is 0 Å². The van der Waals surface area contributed by atoms with Crippen LogP contribution in [0.25, 0.3) is 11.3 Å². The second kappa shape index (κ2) is 10.1. The first kappa shape index (κ1) is 20.1. The molecule has 0 radical (unpaired) electrons. The van der Waals surface area contributed by atoms with E-state index in [0.29, 0.717) is 24.0 Å². The Labute approximate surface area is 159 Å². The van der Waals surface area contributed by atoms with E-state index >= 15 is 0 Å². The minimum absolute atomic E-state index is 0.0415. The Balaban J connectivity index is 1.97. The zero-order valence-electron chi connectivity index (χ0n) is 15.7. The van der Waals surface area contributed by atoms with Gasteiger partial charge in [0.1, 0.15) is 0 Å². The SMILES string of the molecule is CCCCC(=O)N(CC(=O)Nc1nc(-c2ccccc2)cs1)CC(C)C. The predicted molar refractivity (Wildman–Crippen MR) is 107 cm³/mol. The van der Waals surface area contributed by atoms with Crippen molar-refractivity contribution >= 4 is 28.3 Å². The minimum Gasteiger partial charge on any atom is -0.333 e. The van der Waals surface area contributed by atoms with Crippen LogP contribution in [0.5, 0.6) is 0 Å². The Morgan fingerprint density at radius 3 is 2.62 bits per heavy atom. The van der Waals surface area contributed by atoms with Gasteiger partial charge >= 0.3 is 0 Å².